The van der Waals surface area contributed by atoms with E-state index < -0.39 is 0 Å². The number of hydrogen-bond acceptors (Lipinski definition) is 2. The van der Waals surface area contributed by atoms with Gasteiger partial charge in [-0.3, -0.25) is 0 Å². The van der Waals surface area contributed by atoms with E-state index in [1.165, 1.54) is 40.3 Å². The molecular weight excluding hydrogens is 342 g/mol. The molecule has 2 nitrogen and oxygen atoms in total. The minimum Gasteiger partial charge on any atom is -0.493 e. The van der Waals surface area contributed by atoms with E-state index in [0.29, 0.717) is 11.8 Å². The molecule has 3 aromatic rings. The topological polar surface area (TPSA) is 21.3 Å². The van der Waals surface area contributed by atoms with Gasteiger partial charge in [0.2, 0.25) is 0 Å². The fourth-order valence-electron chi connectivity index (χ4n) is 4.64. The Balaban J connectivity index is 1.46. The van der Waals surface area contributed by atoms with E-state index in [1.54, 1.807) is 0 Å². The van der Waals surface area contributed by atoms with Crippen molar-refractivity contribution in [1.29, 1.82) is 0 Å². The molecule has 28 heavy (non-hydrogen) atoms. The third-order valence-electron chi connectivity index (χ3n) is 6.26. The summed E-state index contributed by atoms with van der Waals surface area (Å²) in [7, 11) is 0. The van der Waals surface area contributed by atoms with Gasteiger partial charge in [0.05, 0.1) is 6.61 Å². The molecule has 3 aromatic carbocycles. The van der Waals surface area contributed by atoms with Crippen LogP contribution in [-0.4, -0.2) is 19.7 Å². The van der Waals surface area contributed by atoms with Crippen molar-refractivity contribution in [1.82, 2.24) is 5.32 Å². The fourth-order valence-corrected chi connectivity index (χ4v) is 4.64. The quantitative estimate of drug-likeness (QED) is 0.635. The van der Waals surface area contributed by atoms with Gasteiger partial charge in [0.25, 0.3) is 0 Å². The Morgan fingerprint density at radius 2 is 1.71 bits per heavy atom. The number of piperidine rings is 1. The van der Waals surface area contributed by atoms with E-state index in [4.69, 9.17) is 4.74 Å². The standard InChI is InChI=1S/C26H27NO/c1-3-7-23-20(5-1)9-10-22(23)17-25-24-8-4-2-6-21(24)11-12-26(25)28-18-19-13-15-27-16-14-19/h1-12,19,22,27H,13-18H2. The molecule has 1 saturated heterocycles. The van der Waals surface area contributed by atoms with Crippen LogP contribution in [0.25, 0.3) is 16.8 Å². The first kappa shape index (κ1) is 17.5. The Labute approximate surface area is 167 Å². The van der Waals surface area contributed by atoms with Crippen LogP contribution in [0.3, 0.4) is 0 Å². The summed E-state index contributed by atoms with van der Waals surface area (Å²) in [6.07, 6.45) is 8.02. The van der Waals surface area contributed by atoms with E-state index in [9.17, 15) is 0 Å². The van der Waals surface area contributed by atoms with E-state index in [0.717, 1.165) is 31.9 Å². The maximum Gasteiger partial charge on any atom is 0.123 e. The van der Waals surface area contributed by atoms with Gasteiger partial charge in [0.1, 0.15) is 5.75 Å². The summed E-state index contributed by atoms with van der Waals surface area (Å²) < 4.78 is 6.43. The summed E-state index contributed by atoms with van der Waals surface area (Å²) in [6, 6.07) is 21.8. The fraction of sp³-hybridized carbons (Fsp3) is 0.308. The second kappa shape index (κ2) is 7.81. The molecule has 142 valence electrons. The van der Waals surface area contributed by atoms with Crippen molar-refractivity contribution in [3.05, 3.63) is 83.4 Å². The van der Waals surface area contributed by atoms with Gasteiger partial charge in [-0.15, -0.1) is 0 Å². The molecule has 0 amide bonds. The summed E-state index contributed by atoms with van der Waals surface area (Å²) in [6.45, 7) is 3.05. The Kier molecular flexibility index (Phi) is 4.88. The highest BCUT2D eigenvalue weighted by Gasteiger charge is 2.21. The molecule has 1 fully saturated rings. The first-order valence-electron chi connectivity index (χ1n) is 10.5. The van der Waals surface area contributed by atoms with Gasteiger partial charge in [0.15, 0.2) is 0 Å². The number of benzene rings is 3. The number of allylic oxidation sites excluding steroid dienone is 1. The monoisotopic (exact) mass is 369 g/mol. The molecule has 1 aliphatic heterocycles. The van der Waals surface area contributed by atoms with Crippen LogP contribution < -0.4 is 10.1 Å². The summed E-state index contributed by atoms with van der Waals surface area (Å²) >= 11 is 0. The van der Waals surface area contributed by atoms with E-state index in [2.05, 4.69) is 78.1 Å². The lowest BCUT2D eigenvalue weighted by molar-refractivity contribution is 0.214. The number of nitrogens with one attached hydrogen (secondary N) is 1. The van der Waals surface area contributed by atoms with E-state index in [-0.39, 0.29) is 0 Å². The number of rotatable bonds is 5. The molecule has 0 saturated carbocycles. The molecule has 1 unspecified atom stereocenters. The molecule has 1 heterocycles. The Morgan fingerprint density at radius 3 is 2.64 bits per heavy atom. The Hall–Kier alpha value is -2.58. The van der Waals surface area contributed by atoms with Crippen LogP contribution in [-0.2, 0) is 6.42 Å². The van der Waals surface area contributed by atoms with Gasteiger partial charge in [-0.2, -0.15) is 0 Å². The average Bonchev–Trinajstić information content (AvgIpc) is 3.17. The molecule has 0 bridgehead atoms. The van der Waals surface area contributed by atoms with Gasteiger partial charge in [-0.25, -0.2) is 0 Å². The van der Waals surface area contributed by atoms with Crippen LogP contribution in [0.5, 0.6) is 5.75 Å². The molecule has 2 heteroatoms. The third-order valence-corrected chi connectivity index (χ3v) is 6.26. The highest BCUT2D eigenvalue weighted by atomic mass is 16.5. The highest BCUT2D eigenvalue weighted by Crippen LogP contribution is 2.37. The molecular formula is C26H27NO. The van der Waals surface area contributed by atoms with Crippen molar-refractivity contribution in [2.45, 2.75) is 25.2 Å². The third kappa shape index (κ3) is 3.45. The van der Waals surface area contributed by atoms with Crippen LogP contribution in [0.4, 0.5) is 0 Å². The minimum absolute atomic E-state index is 0.420. The summed E-state index contributed by atoms with van der Waals surface area (Å²) in [5.41, 5.74) is 4.13. The van der Waals surface area contributed by atoms with Crippen molar-refractivity contribution in [2.24, 2.45) is 5.92 Å². The molecule has 0 spiro atoms. The second-order valence-electron chi connectivity index (χ2n) is 8.07. The van der Waals surface area contributed by atoms with Crippen molar-refractivity contribution < 1.29 is 4.74 Å². The normalized spacial score (nSPS) is 19.1. The van der Waals surface area contributed by atoms with Crippen molar-refractivity contribution >= 4 is 16.8 Å². The van der Waals surface area contributed by atoms with Crippen LogP contribution in [0.1, 0.15) is 35.4 Å². The smallest absolute Gasteiger partial charge is 0.123 e. The summed E-state index contributed by atoms with van der Waals surface area (Å²) in [5.74, 6) is 2.14. The Morgan fingerprint density at radius 1 is 0.893 bits per heavy atom. The van der Waals surface area contributed by atoms with E-state index in [1.807, 2.05) is 0 Å². The highest BCUT2D eigenvalue weighted by molar-refractivity contribution is 5.88. The maximum absolute atomic E-state index is 6.43. The van der Waals surface area contributed by atoms with Gasteiger partial charge < -0.3 is 10.1 Å². The van der Waals surface area contributed by atoms with Gasteiger partial charge >= 0.3 is 0 Å². The lowest BCUT2D eigenvalue weighted by Gasteiger charge is -2.24. The molecule has 2 aliphatic rings. The Bertz CT molecular complexity index is 1000. The lowest BCUT2D eigenvalue weighted by Crippen LogP contribution is -2.30. The second-order valence-corrected chi connectivity index (χ2v) is 8.07. The molecule has 0 aromatic heterocycles. The number of ether oxygens (including phenoxy) is 1. The van der Waals surface area contributed by atoms with Crippen LogP contribution in [0, 0.1) is 5.92 Å². The molecule has 5 rings (SSSR count). The number of hydrogen-bond donors (Lipinski definition) is 1. The minimum atomic E-state index is 0.420. The van der Waals surface area contributed by atoms with Crippen LogP contribution in [0.15, 0.2) is 66.7 Å². The average molecular weight is 370 g/mol. The van der Waals surface area contributed by atoms with Crippen LogP contribution in [0.2, 0.25) is 0 Å². The number of fused-ring (bicyclic) bond motifs is 2. The summed E-state index contributed by atoms with van der Waals surface area (Å²) in [4.78, 5) is 0. The largest absolute Gasteiger partial charge is 0.493 e. The first-order chi connectivity index (χ1) is 13.9. The van der Waals surface area contributed by atoms with Gasteiger partial charge in [0, 0.05) is 11.5 Å². The predicted octanol–water partition coefficient (Wildman–Crippen LogP) is 5.57. The van der Waals surface area contributed by atoms with Crippen molar-refractivity contribution in [2.75, 3.05) is 19.7 Å². The first-order valence-corrected chi connectivity index (χ1v) is 10.5. The lowest BCUT2D eigenvalue weighted by atomic mass is 9.90. The molecule has 1 atom stereocenters. The predicted molar refractivity (Wildman–Crippen MR) is 117 cm³/mol. The van der Waals surface area contributed by atoms with Crippen molar-refractivity contribution in [3.63, 3.8) is 0 Å². The zero-order valence-corrected chi connectivity index (χ0v) is 16.2. The van der Waals surface area contributed by atoms with Gasteiger partial charge in [-0.1, -0.05) is 66.7 Å². The van der Waals surface area contributed by atoms with Crippen LogP contribution >= 0.6 is 0 Å². The molecule has 1 N–H and O–H groups in total. The molecule has 1 aliphatic carbocycles. The summed E-state index contributed by atoms with van der Waals surface area (Å²) in [5, 5.41) is 6.06. The van der Waals surface area contributed by atoms with Gasteiger partial charge in [-0.05, 0) is 66.2 Å². The van der Waals surface area contributed by atoms with E-state index >= 15 is 0 Å². The zero-order chi connectivity index (χ0) is 18.8. The van der Waals surface area contributed by atoms with Crippen molar-refractivity contribution in [3.8, 4) is 5.75 Å². The SMILES string of the molecule is C1=CC(Cc2c(OCC3CCNCC3)ccc3ccccc23)c2ccccc21. The molecule has 0 radical (unpaired) electrons. The maximum atomic E-state index is 6.43. The zero-order valence-electron chi connectivity index (χ0n) is 16.2.